The lowest BCUT2D eigenvalue weighted by molar-refractivity contribution is -0.113. The van der Waals surface area contributed by atoms with E-state index in [1.165, 1.54) is 17.3 Å². The molecule has 1 N–H and O–H groups in total. The van der Waals surface area contributed by atoms with Gasteiger partial charge in [-0.1, -0.05) is 48.5 Å². The Labute approximate surface area is 168 Å². The van der Waals surface area contributed by atoms with Crippen LogP contribution in [-0.2, 0) is 11.2 Å². The van der Waals surface area contributed by atoms with Gasteiger partial charge in [0.15, 0.2) is 5.16 Å². The van der Waals surface area contributed by atoms with Crippen molar-refractivity contribution in [3.63, 3.8) is 0 Å². The van der Waals surface area contributed by atoms with Gasteiger partial charge in [-0.05, 0) is 55.7 Å². The van der Waals surface area contributed by atoms with E-state index in [0.29, 0.717) is 10.2 Å². The minimum atomic E-state index is -0.112. The molecule has 0 fully saturated rings. The van der Waals surface area contributed by atoms with Gasteiger partial charge < -0.3 is 5.32 Å². The van der Waals surface area contributed by atoms with Gasteiger partial charge in [-0.3, -0.25) is 9.36 Å². The smallest absolute Gasteiger partial charge is 0.234 e. The van der Waals surface area contributed by atoms with Gasteiger partial charge in [-0.2, -0.15) is 0 Å². The minimum absolute atomic E-state index is 0.112. The maximum absolute atomic E-state index is 12.4. The Balaban J connectivity index is 1.71. The fourth-order valence-corrected chi connectivity index (χ4v) is 3.63. The number of hydrogen-bond acceptors (Lipinski definition) is 4. The first-order valence-electron chi connectivity index (χ1n) is 8.68. The molecule has 0 radical (unpaired) electrons. The average Bonchev–Trinajstić information content (AvgIpc) is 3.03. The number of nitrogens with one attached hydrogen (secondary N) is 1. The SMILES string of the molecule is CCc1ccc(-n2c(C)nnc2SCC(=O)Nc2cc(Cl)ccc2C)cc1. The van der Waals surface area contributed by atoms with Gasteiger partial charge in [0, 0.05) is 16.4 Å². The van der Waals surface area contributed by atoms with E-state index < -0.39 is 0 Å². The van der Waals surface area contributed by atoms with Crippen LogP contribution in [0.4, 0.5) is 5.69 Å². The third kappa shape index (κ3) is 4.70. The molecule has 0 aliphatic carbocycles. The first-order chi connectivity index (χ1) is 13.0. The average molecular weight is 401 g/mol. The van der Waals surface area contributed by atoms with Crippen LogP contribution in [0.1, 0.15) is 23.9 Å². The van der Waals surface area contributed by atoms with Crippen LogP contribution >= 0.6 is 23.4 Å². The van der Waals surface area contributed by atoms with Crippen molar-refractivity contribution < 1.29 is 4.79 Å². The molecule has 3 rings (SSSR count). The van der Waals surface area contributed by atoms with Crippen LogP contribution in [0.5, 0.6) is 0 Å². The zero-order valence-corrected chi connectivity index (χ0v) is 17.1. The molecule has 2 aromatic carbocycles. The molecule has 3 aromatic rings. The molecule has 0 aliphatic rings. The summed E-state index contributed by atoms with van der Waals surface area (Å²) in [7, 11) is 0. The predicted octanol–water partition coefficient (Wildman–Crippen LogP) is 4.83. The highest BCUT2D eigenvalue weighted by molar-refractivity contribution is 7.99. The summed E-state index contributed by atoms with van der Waals surface area (Å²) < 4.78 is 1.96. The second-order valence-electron chi connectivity index (χ2n) is 6.18. The van der Waals surface area contributed by atoms with E-state index >= 15 is 0 Å². The van der Waals surface area contributed by atoms with Crippen molar-refractivity contribution in [1.29, 1.82) is 0 Å². The Kier molecular flexibility index (Phi) is 6.19. The fourth-order valence-electron chi connectivity index (χ4n) is 2.66. The Hall–Kier alpha value is -2.31. The van der Waals surface area contributed by atoms with Crippen molar-refractivity contribution in [1.82, 2.24) is 14.8 Å². The van der Waals surface area contributed by atoms with E-state index in [1.54, 1.807) is 12.1 Å². The van der Waals surface area contributed by atoms with Crippen molar-refractivity contribution >= 4 is 35.0 Å². The number of nitrogens with zero attached hydrogens (tertiary/aromatic N) is 3. The van der Waals surface area contributed by atoms with Crippen molar-refractivity contribution in [3.8, 4) is 5.69 Å². The van der Waals surface area contributed by atoms with Crippen molar-refractivity contribution in [2.45, 2.75) is 32.3 Å². The minimum Gasteiger partial charge on any atom is -0.325 e. The lowest BCUT2D eigenvalue weighted by Gasteiger charge is -2.10. The highest BCUT2D eigenvalue weighted by atomic mass is 35.5. The van der Waals surface area contributed by atoms with Gasteiger partial charge in [-0.25, -0.2) is 0 Å². The summed E-state index contributed by atoms with van der Waals surface area (Å²) in [6.07, 6.45) is 0.992. The molecule has 0 saturated heterocycles. The zero-order valence-electron chi connectivity index (χ0n) is 15.5. The third-order valence-electron chi connectivity index (χ3n) is 4.20. The van der Waals surface area contributed by atoms with Gasteiger partial charge >= 0.3 is 0 Å². The standard InChI is InChI=1S/C20H21ClN4OS/c1-4-15-6-9-17(10-7-15)25-14(3)23-24-20(25)27-12-19(26)22-18-11-16(21)8-5-13(18)2/h5-11H,4,12H2,1-3H3,(H,22,26). The lowest BCUT2D eigenvalue weighted by atomic mass is 10.1. The molecule has 1 aromatic heterocycles. The number of hydrogen-bond donors (Lipinski definition) is 1. The maximum Gasteiger partial charge on any atom is 0.234 e. The molecule has 5 nitrogen and oxygen atoms in total. The van der Waals surface area contributed by atoms with Crippen LogP contribution in [0.25, 0.3) is 5.69 Å². The van der Waals surface area contributed by atoms with Crippen LogP contribution in [-0.4, -0.2) is 26.4 Å². The monoisotopic (exact) mass is 400 g/mol. The molecule has 7 heteroatoms. The molecular weight excluding hydrogens is 380 g/mol. The number of thioether (sulfide) groups is 1. The van der Waals surface area contributed by atoms with Crippen LogP contribution < -0.4 is 5.32 Å². The normalized spacial score (nSPS) is 10.8. The number of aromatic nitrogens is 3. The van der Waals surface area contributed by atoms with Gasteiger partial charge in [0.25, 0.3) is 0 Å². The zero-order chi connectivity index (χ0) is 19.4. The third-order valence-corrected chi connectivity index (χ3v) is 5.37. The number of benzene rings is 2. The van der Waals surface area contributed by atoms with Crippen LogP contribution in [0.15, 0.2) is 47.6 Å². The topological polar surface area (TPSA) is 59.8 Å². The van der Waals surface area contributed by atoms with Crippen molar-refractivity contribution in [2.24, 2.45) is 0 Å². The van der Waals surface area contributed by atoms with Gasteiger partial charge in [-0.15, -0.1) is 10.2 Å². The summed E-state index contributed by atoms with van der Waals surface area (Å²) in [4.78, 5) is 12.4. The summed E-state index contributed by atoms with van der Waals surface area (Å²) in [5.74, 6) is 0.906. The molecule has 0 unspecified atom stereocenters. The summed E-state index contributed by atoms with van der Waals surface area (Å²) in [6.45, 7) is 5.96. The largest absolute Gasteiger partial charge is 0.325 e. The highest BCUT2D eigenvalue weighted by Crippen LogP contribution is 2.24. The number of rotatable bonds is 6. The Bertz CT molecular complexity index is 953. The van der Waals surface area contributed by atoms with Crippen LogP contribution in [0.3, 0.4) is 0 Å². The van der Waals surface area contributed by atoms with Gasteiger partial charge in [0.1, 0.15) is 5.82 Å². The molecule has 0 saturated carbocycles. The lowest BCUT2D eigenvalue weighted by Crippen LogP contribution is -2.15. The van der Waals surface area contributed by atoms with Crippen molar-refractivity contribution in [2.75, 3.05) is 11.1 Å². The van der Waals surface area contributed by atoms with E-state index in [-0.39, 0.29) is 11.7 Å². The quantitative estimate of drug-likeness (QED) is 0.602. The van der Waals surface area contributed by atoms with E-state index in [0.717, 1.165) is 29.2 Å². The summed E-state index contributed by atoms with van der Waals surface area (Å²) in [6, 6.07) is 13.7. The number of carbonyl (C=O) groups excluding carboxylic acids is 1. The molecule has 140 valence electrons. The molecule has 1 heterocycles. The molecule has 0 bridgehead atoms. The van der Waals surface area contributed by atoms with E-state index in [2.05, 4.69) is 46.7 Å². The molecule has 0 aliphatic heterocycles. The second kappa shape index (κ2) is 8.59. The molecule has 0 atom stereocenters. The molecule has 27 heavy (non-hydrogen) atoms. The predicted molar refractivity (Wildman–Crippen MR) is 111 cm³/mol. The number of amides is 1. The number of halogens is 1. The molecule has 1 amide bonds. The first-order valence-corrected chi connectivity index (χ1v) is 10.0. The highest BCUT2D eigenvalue weighted by Gasteiger charge is 2.14. The Morgan fingerprint density at radius 3 is 2.59 bits per heavy atom. The van der Waals surface area contributed by atoms with Crippen LogP contribution in [0, 0.1) is 13.8 Å². The van der Waals surface area contributed by atoms with Crippen molar-refractivity contribution in [3.05, 3.63) is 64.4 Å². The Morgan fingerprint density at radius 2 is 1.89 bits per heavy atom. The Morgan fingerprint density at radius 1 is 1.15 bits per heavy atom. The number of aryl methyl sites for hydroxylation is 3. The second-order valence-corrected chi connectivity index (χ2v) is 7.56. The fraction of sp³-hybridized carbons (Fsp3) is 0.250. The van der Waals surface area contributed by atoms with Gasteiger partial charge in [0.05, 0.1) is 5.75 Å². The number of carbonyl (C=O) groups is 1. The first kappa shape index (κ1) is 19.5. The van der Waals surface area contributed by atoms with E-state index in [4.69, 9.17) is 11.6 Å². The summed E-state index contributed by atoms with van der Waals surface area (Å²) >= 11 is 7.36. The molecule has 0 spiro atoms. The van der Waals surface area contributed by atoms with Gasteiger partial charge in [0.2, 0.25) is 5.91 Å². The maximum atomic E-state index is 12.4. The number of anilines is 1. The van der Waals surface area contributed by atoms with Crippen LogP contribution in [0.2, 0.25) is 5.02 Å². The summed E-state index contributed by atoms with van der Waals surface area (Å²) in [5.41, 5.74) is 3.95. The van der Waals surface area contributed by atoms with E-state index in [1.807, 2.05) is 24.5 Å². The van der Waals surface area contributed by atoms with E-state index in [9.17, 15) is 4.79 Å². The molecular formula is C20H21ClN4OS. The summed E-state index contributed by atoms with van der Waals surface area (Å²) in [5, 5.41) is 12.6.